The fraction of sp³-hybridized carbons (Fsp3) is 0.308. The van der Waals surface area contributed by atoms with Crippen LogP contribution in [0.4, 0.5) is 20.0 Å². The van der Waals surface area contributed by atoms with Gasteiger partial charge >= 0.3 is 6.03 Å². The number of nitrogens with zero attached hydrogens (tertiary/aromatic N) is 3. The third-order valence-electron chi connectivity index (χ3n) is 6.51. The van der Waals surface area contributed by atoms with E-state index >= 15 is 0 Å². The maximum absolute atomic E-state index is 14.6. The van der Waals surface area contributed by atoms with E-state index < -0.39 is 15.6 Å². The van der Waals surface area contributed by atoms with Crippen LogP contribution in [-0.4, -0.2) is 37.6 Å². The molecule has 1 aliphatic heterocycles. The fourth-order valence-corrected chi connectivity index (χ4v) is 8.08. The average Bonchev–Trinajstić information content (AvgIpc) is 3.39. The van der Waals surface area contributed by atoms with E-state index in [-0.39, 0.29) is 26.9 Å². The number of aryl methyl sites for hydroxylation is 2. The average molecular weight is 575 g/mol. The Morgan fingerprint density at radius 3 is 2.34 bits per heavy atom. The second-order valence-electron chi connectivity index (χ2n) is 9.85. The van der Waals surface area contributed by atoms with E-state index in [9.17, 15) is 22.7 Å². The topological polar surface area (TPSA) is 117 Å². The van der Waals surface area contributed by atoms with E-state index in [1.165, 1.54) is 28.4 Å². The molecule has 0 atom stereocenters. The fourth-order valence-electron chi connectivity index (χ4n) is 4.79. The third-order valence-corrected chi connectivity index (χ3v) is 10.9. The van der Waals surface area contributed by atoms with Crippen molar-refractivity contribution >= 4 is 59.6 Å². The number of hydrogen-bond acceptors (Lipinski definition) is 7. The molecule has 200 valence electrons. The van der Waals surface area contributed by atoms with E-state index in [1.807, 2.05) is 31.2 Å². The minimum atomic E-state index is -3.93. The first-order valence-corrected chi connectivity index (χ1v) is 15.1. The van der Waals surface area contributed by atoms with Crippen LogP contribution in [0.2, 0.25) is 0 Å². The number of carbonyl (C=O) groups excluding carboxylic acids is 1. The number of nitrogens with two attached hydrogens (primary N) is 1. The molecule has 0 radical (unpaired) electrons. The van der Waals surface area contributed by atoms with Gasteiger partial charge in [-0.1, -0.05) is 23.5 Å². The molecule has 3 N–H and O–H groups in total. The molecular weight excluding hydrogens is 548 g/mol. The van der Waals surface area contributed by atoms with Crippen molar-refractivity contribution in [2.24, 2.45) is 5.14 Å². The third kappa shape index (κ3) is 4.71. The van der Waals surface area contributed by atoms with Gasteiger partial charge in [0.05, 0.1) is 11.3 Å². The number of thiazole rings is 1. The molecule has 5 rings (SSSR count). The van der Waals surface area contributed by atoms with Crippen LogP contribution < -0.4 is 14.9 Å². The maximum atomic E-state index is 14.6. The summed E-state index contributed by atoms with van der Waals surface area (Å²) in [5.74, 6) is -0.362. The Balaban J connectivity index is 1.47. The minimum Gasteiger partial charge on any atom is -0.385 e. The molecule has 0 spiro atoms. The largest absolute Gasteiger partial charge is 0.385 e. The Labute approximate surface area is 228 Å². The second-order valence-corrected chi connectivity index (χ2v) is 13.6. The van der Waals surface area contributed by atoms with E-state index in [1.54, 1.807) is 25.7 Å². The Bertz CT molecular complexity index is 1670. The van der Waals surface area contributed by atoms with Crippen LogP contribution in [0.1, 0.15) is 36.4 Å². The molecule has 2 aromatic carbocycles. The number of sulfonamides is 1. The summed E-state index contributed by atoms with van der Waals surface area (Å²) >= 11 is 2.33. The van der Waals surface area contributed by atoms with Crippen LogP contribution >= 0.6 is 22.7 Å². The maximum Gasteiger partial charge on any atom is 0.330 e. The Morgan fingerprint density at radius 1 is 1.08 bits per heavy atom. The number of halogens is 1. The van der Waals surface area contributed by atoms with E-state index in [0.29, 0.717) is 25.2 Å². The van der Waals surface area contributed by atoms with Gasteiger partial charge in [-0.2, -0.15) is 0 Å². The lowest BCUT2D eigenvalue weighted by molar-refractivity contribution is 0.0820. The quantitative estimate of drug-likeness (QED) is 0.327. The number of urea groups is 1. The second kappa shape index (κ2) is 9.38. The van der Waals surface area contributed by atoms with Gasteiger partial charge < -0.3 is 5.11 Å². The zero-order valence-corrected chi connectivity index (χ0v) is 23.7. The normalized spacial score (nSPS) is 15.1. The number of carbonyl (C=O) groups is 1. The van der Waals surface area contributed by atoms with Crippen molar-refractivity contribution in [2.45, 2.75) is 43.9 Å². The summed E-state index contributed by atoms with van der Waals surface area (Å²) in [6.07, 6.45) is 0.662. The zero-order valence-electron chi connectivity index (χ0n) is 21.3. The highest BCUT2D eigenvalue weighted by Gasteiger charge is 2.32. The van der Waals surface area contributed by atoms with E-state index in [4.69, 9.17) is 5.14 Å². The molecule has 0 bridgehead atoms. The van der Waals surface area contributed by atoms with E-state index in [0.717, 1.165) is 43.0 Å². The number of anilines is 2. The highest BCUT2D eigenvalue weighted by atomic mass is 32.2. The molecule has 1 saturated heterocycles. The standard InChI is InChI=1S/C26H27FN4O4S3/c1-14-19-12-17(27)13-20(21(19)36-22(14)26(3,4)33)16-6-8-18(9-7-16)30-10-5-11-31(25(30)32)24-29-15(2)23(37-24)38(28,34)35/h6-9,12-13,33H,5,10-11H2,1-4H3,(H2,28,34,35). The molecule has 2 amide bonds. The number of benzene rings is 2. The van der Waals surface area contributed by atoms with Crippen LogP contribution in [-0.2, 0) is 15.6 Å². The number of fused-ring (bicyclic) bond motifs is 1. The number of rotatable bonds is 5. The van der Waals surface area contributed by atoms with Crippen molar-refractivity contribution in [1.29, 1.82) is 0 Å². The molecule has 3 heterocycles. The molecule has 8 nitrogen and oxygen atoms in total. The Morgan fingerprint density at radius 2 is 1.74 bits per heavy atom. The molecule has 38 heavy (non-hydrogen) atoms. The molecule has 0 saturated carbocycles. The van der Waals surface area contributed by atoms with Gasteiger partial charge in [0.1, 0.15) is 5.82 Å². The number of hydrogen-bond donors (Lipinski definition) is 2. The number of primary sulfonamides is 1. The van der Waals surface area contributed by atoms with Crippen molar-refractivity contribution < 1.29 is 22.7 Å². The lowest BCUT2D eigenvalue weighted by Crippen LogP contribution is -2.49. The molecule has 0 aliphatic carbocycles. The van der Waals surface area contributed by atoms with Gasteiger partial charge in [-0.05, 0) is 74.9 Å². The number of aromatic nitrogens is 1. The van der Waals surface area contributed by atoms with Crippen LogP contribution in [0, 0.1) is 19.7 Å². The lowest BCUT2D eigenvalue weighted by atomic mass is 9.98. The zero-order chi connectivity index (χ0) is 27.6. The summed E-state index contributed by atoms with van der Waals surface area (Å²) in [4.78, 5) is 21.5. The predicted molar refractivity (Wildman–Crippen MR) is 150 cm³/mol. The van der Waals surface area contributed by atoms with Gasteiger partial charge in [0, 0.05) is 33.9 Å². The van der Waals surface area contributed by atoms with Crippen molar-refractivity contribution in [3.63, 3.8) is 0 Å². The molecule has 2 aromatic heterocycles. The van der Waals surface area contributed by atoms with E-state index in [2.05, 4.69) is 4.98 Å². The summed E-state index contributed by atoms with van der Waals surface area (Å²) in [7, 11) is -3.93. The monoisotopic (exact) mass is 574 g/mol. The smallest absolute Gasteiger partial charge is 0.330 e. The van der Waals surface area contributed by atoms with Gasteiger partial charge in [-0.15, -0.1) is 11.3 Å². The molecule has 12 heteroatoms. The van der Waals surface area contributed by atoms with Crippen LogP contribution in [0.5, 0.6) is 0 Å². The summed E-state index contributed by atoms with van der Waals surface area (Å²) in [5.41, 5.74) is 2.25. The van der Waals surface area contributed by atoms with Gasteiger partial charge in [0.2, 0.25) is 10.0 Å². The predicted octanol–water partition coefficient (Wildman–Crippen LogP) is 5.49. The van der Waals surface area contributed by atoms with Crippen molar-refractivity contribution in [3.8, 4) is 11.1 Å². The first-order chi connectivity index (χ1) is 17.8. The molecular formula is C26H27FN4O4S3. The van der Waals surface area contributed by atoms with Crippen LogP contribution in [0.25, 0.3) is 21.2 Å². The highest BCUT2D eigenvalue weighted by Crippen LogP contribution is 2.43. The van der Waals surface area contributed by atoms with Crippen LogP contribution in [0.3, 0.4) is 0 Å². The summed E-state index contributed by atoms with van der Waals surface area (Å²) in [5, 5.41) is 16.9. The summed E-state index contributed by atoms with van der Waals surface area (Å²) < 4.78 is 39.1. The van der Waals surface area contributed by atoms with Crippen molar-refractivity contribution in [1.82, 2.24) is 4.98 Å². The SMILES string of the molecule is Cc1nc(N2CCCN(c3ccc(-c4cc(F)cc5c(C)c(C(C)(C)O)sc45)cc3)C2=O)sc1S(N)(=O)=O. The highest BCUT2D eigenvalue weighted by molar-refractivity contribution is 7.91. The molecule has 1 fully saturated rings. The van der Waals surface area contributed by atoms with Crippen molar-refractivity contribution in [2.75, 3.05) is 22.9 Å². The first-order valence-electron chi connectivity index (χ1n) is 11.9. The minimum absolute atomic E-state index is 0.0558. The Hall–Kier alpha value is -2.90. The first kappa shape index (κ1) is 26.7. The molecule has 0 unspecified atom stereocenters. The van der Waals surface area contributed by atoms with Gasteiger partial charge in [0.15, 0.2) is 9.34 Å². The molecule has 4 aromatic rings. The summed E-state index contributed by atoms with van der Waals surface area (Å²) in [6.45, 7) is 7.78. The number of aliphatic hydroxyl groups is 1. The lowest BCUT2D eigenvalue weighted by Gasteiger charge is -2.34. The van der Waals surface area contributed by atoms with Crippen molar-refractivity contribution in [3.05, 3.63) is 58.3 Å². The Kier molecular flexibility index (Phi) is 6.59. The van der Waals surface area contributed by atoms with Gasteiger partial charge in [-0.3, -0.25) is 9.80 Å². The van der Waals surface area contributed by atoms with Gasteiger partial charge in [-0.25, -0.2) is 27.7 Å². The number of thiophene rings is 1. The van der Waals surface area contributed by atoms with Crippen LogP contribution in [0.15, 0.2) is 40.6 Å². The number of amides is 2. The molecule has 1 aliphatic rings. The van der Waals surface area contributed by atoms with Gasteiger partial charge in [0.25, 0.3) is 0 Å². The summed E-state index contributed by atoms with van der Waals surface area (Å²) in [6, 6.07) is 10.00.